The summed E-state index contributed by atoms with van der Waals surface area (Å²) in [6, 6.07) is 10.4. The van der Waals surface area contributed by atoms with Crippen molar-refractivity contribution in [2.75, 3.05) is 13.1 Å². The number of rotatable bonds is 5. The highest BCUT2D eigenvalue weighted by molar-refractivity contribution is 6.35. The molecule has 1 aliphatic heterocycles. The number of hydrogen-bond donors (Lipinski definition) is 1. The molecule has 1 fully saturated rings. The van der Waals surface area contributed by atoms with Gasteiger partial charge in [0, 0.05) is 29.1 Å². The predicted octanol–water partition coefficient (Wildman–Crippen LogP) is 5.54. The number of alkyl halides is 3. The minimum atomic E-state index is -4.32. The van der Waals surface area contributed by atoms with Crippen LogP contribution in [0.1, 0.15) is 29.5 Å². The lowest BCUT2D eigenvalue weighted by Gasteiger charge is -2.31. The van der Waals surface area contributed by atoms with Gasteiger partial charge in [0.25, 0.3) is 0 Å². The van der Waals surface area contributed by atoms with Gasteiger partial charge in [-0.15, -0.1) is 0 Å². The number of nitrogens with zero attached hydrogens (tertiary/aromatic N) is 1. The lowest BCUT2D eigenvalue weighted by atomic mass is 9.95. The Morgan fingerprint density at radius 2 is 1.72 bits per heavy atom. The van der Waals surface area contributed by atoms with Crippen LogP contribution in [0.25, 0.3) is 0 Å². The monoisotopic (exact) mass is 444 g/mol. The summed E-state index contributed by atoms with van der Waals surface area (Å²) in [7, 11) is 0. The van der Waals surface area contributed by atoms with Crippen LogP contribution in [-0.4, -0.2) is 23.9 Å². The van der Waals surface area contributed by atoms with E-state index in [-0.39, 0.29) is 11.8 Å². The van der Waals surface area contributed by atoms with Crippen LogP contribution in [0.5, 0.6) is 0 Å². The Bertz CT molecular complexity index is 848. The molecule has 3 rings (SSSR count). The number of likely N-dealkylation sites (tertiary alicyclic amines) is 1. The van der Waals surface area contributed by atoms with Gasteiger partial charge in [-0.25, -0.2) is 0 Å². The first-order valence-corrected chi connectivity index (χ1v) is 10.1. The van der Waals surface area contributed by atoms with Crippen molar-refractivity contribution < 1.29 is 18.0 Å². The van der Waals surface area contributed by atoms with Gasteiger partial charge in [-0.3, -0.25) is 9.69 Å². The van der Waals surface area contributed by atoms with Crippen molar-refractivity contribution in [2.24, 2.45) is 5.92 Å². The van der Waals surface area contributed by atoms with E-state index >= 15 is 0 Å². The number of benzene rings is 2. The van der Waals surface area contributed by atoms with Crippen LogP contribution in [0.3, 0.4) is 0 Å². The van der Waals surface area contributed by atoms with Crippen LogP contribution in [-0.2, 0) is 24.1 Å². The van der Waals surface area contributed by atoms with E-state index in [0.717, 1.165) is 36.3 Å². The molecular weight excluding hydrogens is 424 g/mol. The Morgan fingerprint density at radius 1 is 1.07 bits per heavy atom. The highest BCUT2D eigenvalue weighted by Gasteiger charge is 2.30. The fourth-order valence-corrected chi connectivity index (χ4v) is 3.88. The predicted molar refractivity (Wildman–Crippen MR) is 108 cm³/mol. The Hall–Kier alpha value is -1.76. The van der Waals surface area contributed by atoms with Gasteiger partial charge in [-0.05, 0) is 61.3 Å². The van der Waals surface area contributed by atoms with E-state index in [0.29, 0.717) is 36.0 Å². The molecule has 1 aliphatic rings. The smallest absolute Gasteiger partial charge is 0.352 e. The first kappa shape index (κ1) is 21.9. The van der Waals surface area contributed by atoms with Crippen molar-refractivity contribution >= 4 is 29.1 Å². The standard InChI is InChI=1S/C21H21Cl2F3N2O/c22-18-6-3-16(19(23)11-18)12-27-20(29)15-7-9-28(10-8-15)13-14-1-4-17(5-2-14)21(24,25)26/h1-6,11,15H,7-10,12-13H2,(H,27,29). The molecule has 156 valence electrons. The molecule has 0 unspecified atom stereocenters. The summed E-state index contributed by atoms with van der Waals surface area (Å²) in [5, 5.41) is 3.99. The van der Waals surface area contributed by atoms with Gasteiger partial charge < -0.3 is 5.32 Å². The molecule has 0 spiro atoms. The van der Waals surface area contributed by atoms with Crippen molar-refractivity contribution in [2.45, 2.75) is 32.1 Å². The molecule has 2 aromatic rings. The summed E-state index contributed by atoms with van der Waals surface area (Å²) in [5.74, 6) is -0.0878. The van der Waals surface area contributed by atoms with Gasteiger partial charge in [-0.2, -0.15) is 13.2 Å². The number of amides is 1. The van der Waals surface area contributed by atoms with Crippen LogP contribution >= 0.6 is 23.2 Å². The van der Waals surface area contributed by atoms with Gasteiger partial charge in [0.2, 0.25) is 5.91 Å². The van der Waals surface area contributed by atoms with Crippen molar-refractivity contribution in [3.63, 3.8) is 0 Å². The average Bonchev–Trinajstić information content (AvgIpc) is 2.67. The summed E-state index contributed by atoms with van der Waals surface area (Å²) in [4.78, 5) is 14.6. The SMILES string of the molecule is O=C(NCc1ccc(Cl)cc1Cl)C1CCN(Cc2ccc(C(F)(F)F)cc2)CC1. The molecule has 0 aliphatic carbocycles. The van der Waals surface area contributed by atoms with Gasteiger partial charge in [0.05, 0.1) is 5.56 Å². The minimum absolute atomic E-state index is 0.00908. The molecule has 1 amide bonds. The van der Waals surface area contributed by atoms with Gasteiger partial charge >= 0.3 is 6.18 Å². The van der Waals surface area contributed by atoms with Crippen molar-refractivity contribution in [3.05, 3.63) is 69.2 Å². The number of carbonyl (C=O) groups excluding carboxylic acids is 1. The van der Waals surface area contributed by atoms with E-state index in [1.165, 1.54) is 12.1 Å². The van der Waals surface area contributed by atoms with Crippen LogP contribution in [0.2, 0.25) is 10.0 Å². The molecule has 0 radical (unpaired) electrons. The molecular formula is C21H21Cl2F3N2O. The first-order valence-electron chi connectivity index (χ1n) is 9.32. The molecule has 0 aromatic heterocycles. The van der Waals surface area contributed by atoms with E-state index in [1.54, 1.807) is 18.2 Å². The average molecular weight is 445 g/mol. The number of halogens is 5. The third-order valence-corrected chi connectivity index (χ3v) is 5.70. The molecule has 1 N–H and O–H groups in total. The van der Waals surface area contributed by atoms with Crippen LogP contribution in [0.4, 0.5) is 13.2 Å². The third-order valence-electron chi connectivity index (χ3n) is 5.11. The van der Waals surface area contributed by atoms with Crippen LogP contribution in [0, 0.1) is 5.92 Å². The second-order valence-electron chi connectivity index (χ2n) is 7.20. The largest absolute Gasteiger partial charge is 0.416 e. The minimum Gasteiger partial charge on any atom is -0.352 e. The first-order chi connectivity index (χ1) is 13.7. The zero-order chi connectivity index (χ0) is 21.0. The van der Waals surface area contributed by atoms with Crippen molar-refractivity contribution in [1.29, 1.82) is 0 Å². The van der Waals surface area contributed by atoms with Gasteiger partial charge in [0.15, 0.2) is 0 Å². The molecule has 0 saturated carbocycles. The van der Waals surface area contributed by atoms with Crippen molar-refractivity contribution in [1.82, 2.24) is 10.2 Å². The number of piperidine rings is 1. The van der Waals surface area contributed by atoms with E-state index in [1.807, 2.05) is 0 Å². The number of nitrogens with one attached hydrogen (secondary N) is 1. The third kappa shape index (κ3) is 6.11. The lowest BCUT2D eigenvalue weighted by Crippen LogP contribution is -2.40. The molecule has 3 nitrogen and oxygen atoms in total. The Kier molecular flexibility index (Phi) is 7.09. The fraction of sp³-hybridized carbons (Fsp3) is 0.381. The van der Waals surface area contributed by atoms with Crippen LogP contribution in [0.15, 0.2) is 42.5 Å². The van der Waals surface area contributed by atoms with E-state index in [9.17, 15) is 18.0 Å². The quantitative estimate of drug-likeness (QED) is 0.656. The zero-order valence-electron chi connectivity index (χ0n) is 15.6. The van der Waals surface area contributed by atoms with Crippen molar-refractivity contribution in [3.8, 4) is 0 Å². The molecule has 0 atom stereocenters. The zero-order valence-corrected chi connectivity index (χ0v) is 17.1. The number of hydrogen-bond acceptors (Lipinski definition) is 2. The number of carbonyl (C=O) groups is 1. The second-order valence-corrected chi connectivity index (χ2v) is 8.04. The molecule has 8 heteroatoms. The topological polar surface area (TPSA) is 32.3 Å². The summed E-state index contributed by atoms with van der Waals surface area (Å²) >= 11 is 12.0. The van der Waals surface area contributed by atoms with Gasteiger partial charge in [0.1, 0.15) is 0 Å². The summed E-state index contributed by atoms with van der Waals surface area (Å²) in [6.07, 6.45) is -2.90. The maximum absolute atomic E-state index is 12.6. The van der Waals surface area contributed by atoms with E-state index in [4.69, 9.17) is 23.2 Å². The maximum Gasteiger partial charge on any atom is 0.416 e. The summed E-state index contributed by atoms with van der Waals surface area (Å²) in [5.41, 5.74) is 1.000. The maximum atomic E-state index is 12.6. The van der Waals surface area contributed by atoms with Gasteiger partial charge in [-0.1, -0.05) is 41.4 Å². The van der Waals surface area contributed by atoms with E-state index in [2.05, 4.69) is 10.2 Å². The Morgan fingerprint density at radius 3 is 2.31 bits per heavy atom. The molecule has 0 bridgehead atoms. The normalized spacial score (nSPS) is 16.0. The van der Waals surface area contributed by atoms with Crippen LogP contribution < -0.4 is 5.32 Å². The molecule has 29 heavy (non-hydrogen) atoms. The lowest BCUT2D eigenvalue weighted by molar-refractivity contribution is -0.137. The summed E-state index contributed by atoms with van der Waals surface area (Å²) in [6.45, 7) is 2.37. The highest BCUT2D eigenvalue weighted by Crippen LogP contribution is 2.29. The highest BCUT2D eigenvalue weighted by atomic mass is 35.5. The molecule has 1 heterocycles. The Labute approximate surface area is 177 Å². The van der Waals surface area contributed by atoms with E-state index < -0.39 is 11.7 Å². The fourth-order valence-electron chi connectivity index (χ4n) is 3.40. The summed E-state index contributed by atoms with van der Waals surface area (Å²) < 4.78 is 37.9. The molecule has 1 saturated heterocycles. The second kappa shape index (κ2) is 9.37. The molecule has 2 aromatic carbocycles. The Balaban J connectivity index is 1.45.